The standard InChI is InChI=1S/C17H20N2O3/c1-2-3-4-7-16(20)18-13-8-10-14(11-9-13)19-17(21)15-6-5-12-22-15/h2-4,7-11,15H,5-6,12H2,1H3,(H,18,20)(H,19,21). The van der Waals surface area contributed by atoms with Crippen LogP contribution in [-0.2, 0) is 14.3 Å². The molecule has 1 fully saturated rings. The summed E-state index contributed by atoms with van der Waals surface area (Å²) in [6.07, 6.45) is 8.08. The number of ether oxygens (including phenoxy) is 1. The van der Waals surface area contributed by atoms with Crippen LogP contribution >= 0.6 is 0 Å². The highest BCUT2D eigenvalue weighted by molar-refractivity contribution is 6.00. The van der Waals surface area contributed by atoms with E-state index in [1.807, 2.05) is 13.0 Å². The van der Waals surface area contributed by atoms with Crippen molar-refractivity contribution in [3.8, 4) is 0 Å². The van der Waals surface area contributed by atoms with Crippen LogP contribution in [0.5, 0.6) is 0 Å². The molecule has 116 valence electrons. The van der Waals surface area contributed by atoms with Crippen LogP contribution in [0.15, 0.2) is 48.6 Å². The first-order chi connectivity index (χ1) is 10.7. The first-order valence-electron chi connectivity index (χ1n) is 7.32. The van der Waals surface area contributed by atoms with E-state index in [0.717, 1.165) is 12.8 Å². The fourth-order valence-electron chi connectivity index (χ4n) is 2.08. The van der Waals surface area contributed by atoms with Crippen molar-refractivity contribution < 1.29 is 14.3 Å². The summed E-state index contributed by atoms with van der Waals surface area (Å²) in [6, 6.07) is 6.98. The third kappa shape index (κ3) is 4.86. The SMILES string of the molecule is CC=CC=CC(=O)Nc1ccc(NC(=O)C2CCCO2)cc1. The van der Waals surface area contributed by atoms with Gasteiger partial charge in [0.05, 0.1) is 0 Å². The maximum absolute atomic E-state index is 11.9. The molecule has 0 bridgehead atoms. The van der Waals surface area contributed by atoms with Crippen molar-refractivity contribution in [2.75, 3.05) is 17.2 Å². The molecule has 0 aliphatic carbocycles. The first kappa shape index (κ1) is 16.0. The summed E-state index contributed by atoms with van der Waals surface area (Å²) < 4.78 is 5.33. The van der Waals surface area contributed by atoms with Crippen LogP contribution in [0.3, 0.4) is 0 Å². The lowest BCUT2D eigenvalue weighted by Gasteiger charge is -2.11. The molecule has 1 aliphatic rings. The molecule has 0 saturated carbocycles. The Morgan fingerprint density at radius 3 is 2.41 bits per heavy atom. The molecule has 1 aromatic rings. The fraction of sp³-hybridized carbons (Fsp3) is 0.294. The Balaban J connectivity index is 1.87. The Labute approximate surface area is 130 Å². The van der Waals surface area contributed by atoms with Crippen LogP contribution in [0, 0.1) is 0 Å². The zero-order valence-electron chi connectivity index (χ0n) is 12.5. The molecular formula is C17H20N2O3. The van der Waals surface area contributed by atoms with Gasteiger partial charge in [-0.1, -0.05) is 18.2 Å². The van der Waals surface area contributed by atoms with E-state index in [2.05, 4.69) is 10.6 Å². The number of benzene rings is 1. The lowest BCUT2D eigenvalue weighted by molar-refractivity contribution is -0.124. The Bertz CT molecular complexity index is 570. The molecule has 0 spiro atoms. The summed E-state index contributed by atoms with van der Waals surface area (Å²) >= 11 is 0. The minimum absolute atomic E-state index is 0.122. The highest BCUT2D eigenvalue weighted by Crippen LogP contribution is 2.17. The molecule has 1 aromatic carbocycles. The number of hydrogen-bond acceptors (Lipinski definition) is 3. The zero-order chi connectivity index (χ0) is 15.8. The third-order valence-electron chi connectivity index (χ3n) is 3.19. The van der Waals surface area contributed by atoms with Crippen molar-refractivity contribution in [2.24, 2.45) is 0 Å². The molecule has 5 heteroatoms. The van der Waals surface area contributed by atoms with Gasteiger partial charge in [0, 0.05) is 24.1 Å². The van der Waals surface area contributed by atoms with Crippen LogP contribution in [0.1, 0.15) is 19.8 Å². The fourth-order valence-corrected chi connectivity index (χ4v) is 2.08. The zero-order valence-corrected chi connectivity index (χ0v) is 12.5. The predicted octanol–water partition coefficient (Wildman–Crippen LogP) is 2.87. The number of nitrogens with one attached hydrogen (secondary N) is 2. The number of carbonyl (C=O) groups excluding carboxylic acids is 2. The summed E-state index contributed by atoms with van der Waals surface area (Å²) in [5.41, 5.74) is 1.35. The molecule has 2 rings (SSSR count). The number of allylic oxidation sites excluding steroid dienone is 3. The van der Waals surface area contributed by atoms with Crippen molar-refractivity contribution in [2.45, 2.75) is 25.9 Å². The van der Waals surface area contributed by atoms with Gasteiger partial charge in [0.2, 0.25) is 5.91 Å². The van der Waals surface area contributed by atoms with Crippen molar-refractivity contribution in [3.63, 3.8) is 0 Å². The maximum Gasteiger partial charge on any atom is 0.253 e. The minimum atomic E-state index is -0.351. The monoisotopic (exact) mass is 300 g/mol. The number of amides is 2. The molecule has 0 radical (unpaired) electrons. The van der Waals surface area contributed by atoms with Gasteiger partial charge in [0.25, 0.3) is 5.91 Å². The van der Waals surface area contributed by atoms with E-state index >= 15 is 0 Å². The van der Waals surface area contributed by atoms with Crippen molar-refractivity contribution >= 4 is 23.2 Å². The first-order valence-corrected chi connectivity index (χ1v) is 7.32. The largest absolute Gasteiger partial charge is 0.368 e. The minimum Gasteiger partial charge on any atom is -0.368 e. The number of anilines is 2. The second-order valence-electron chi connectivity index (χ2n) is 4.94. The summed E-state index contributed by atoms with van der Waals surface area (Å²) in [7, 11) is 0. The van der Waals surface area contributed by atoms with E-state index in [-0.39, 0.29) is 17.9 Å². The van der Waals surface area contributed by atoms with E-state index < -0.39 is 0 Å². The molecule has 0 aromatic heterocycles. The molecule has 1 heterocycles. The second kappa shape index (κ2) is 8.14. The summed E-state index contributed by atoms with van der Waals surface area (Å²) in [6.45, 7) is 2.52. The van der Waals surface area contributed by atoms with Crippen LogP contribution < -0.4 is 10.6 Å². The van der Waals surface area contributed by atoms with Gasteiger partial charge in [0.15, 0.2) is 0 Å². The smallest absolute Gasteiger partial charge is 0.253 e. The molecule has 22 heavy (non-hydrogen) atoms. The highest BCUT2D eigenvalue weighted by Gasteiger charge is 2.23. The average Bonchev–Trinajstić information content (AvgIpc) is 3.04. The summed E-state index contributed by atoms with van der Waals surface area (Å²) in [5.74, 6) is -0.321. The van der Waals surface area contributed by atoms with Crippen LogP contribution in [0.25, 0.3) is 0 Å². The summed E-state index contributed by atoms with van der Waals surface area (Å²) in [5, 5.41) is 5.55. The van der Waals surface area contributed by atoms with Crippen molar-refractivity contribution in [3.05, 3.63) is 48.6 Å². The molecule has 1 atom stereocenters. The van der Waals surface area contributed by atoms with Crippen molar-refractivity contribution in [1.29, 1.82) is 0 Å². The quantitative estimate of drug-likeness (QED) is 0.649. The Hall–Kier alpha value is -2.40. The average molecular weight is 300 g/mol. The van der Waals surface area contributed by atoms with E-state index in [1.54, 1.807) is 36.4 Å². The van der Waals surface area contributed by atoms with Crippen LogP contribution in [0.2, 0.25) is 0 Å². The molecule has 1 aliphatic heterocycles. The molecular weight excluding hydrogens is 280 g/mol. The molecule has 1 unspecified atom stereocenters. The lowest BCUT2D eigenvalue weighted by atomic mass is 10.2. The predicted molar refractivity (Wildman–Crippen MR) is 86.6 cm³/mol. The van der Waals surface area contributed by atoms with Crippen LogP contribution in [-0.4, -0.2) is 24.5 Å². The van der Waals surface area contributed by atoms with Gasteiger partial charge in [-0.2, -0.15) is 0 Å². The van der Waals surface area contributed by atoms with Gasteiger partial charge in [-0.3, -0.25) is 9.59 Å². The topological polar surface area (TPSA) is 67.4 Å². The van der Waals surface area contributed by atoms with Crippen molar-refractivity contribution in [1.82, 2.24) is 0 Å². The highest BCUT2D eigenvalue weighted by atomic mass is 16.5. The van der Waals surface area contributed by atoms with Gasteiger partial charge >= 0.3 is 0 Å². The van der Waals surface area contributed by atoms with Gasteiger partial charge in [0.1, 0.15) is 6.10 Å². The van der Waals surface area contributed by atoms with E-state index in [4.69, 9.17) is 4.74 Å². The number of hydrogen-bond donors (Lipinski definition) is 2. The second-order valence-corrected chi connectivity index (χ2v) is 4.94. The van der Waals surface area contributed by atoms with Crippen LogP contribution in [0.4, 0.5) is 11.4 Å². The molecule has 2 N–H and O–H groups in total. The Kier molecular flexibility index (Phi) is 5.91. The molecule has 1 saturated heterocycles. The Morgan fingerprint density at radius 2 is 1.82 bits per heavy atom. The van der Waals surface area contributed by atoms with E-state index in [0.29, 0.717) is 18.0 Å². The van der Waals surface area contributed by atoms with Gasteiger partial charge < -0.3 is 15.4 Å². The number of carbonyl (C=O) groups is 2. The normalized spacial score (nSPS) is 18.0. The number of rotatable bonds is 5. The Morgan fingerprint density at radius 1 is 1.14 bits per heavy atom. The van der Waals surface area contributed by atoms with Gasteiger partial charge in [-0.25, -0.2) is 0 Å². The maximum atomic E-state index is 11.9. The van der Waals surface area contributed by atoms with E-state index in [1.165, 1.54) is 6.08 Å². The molecule has 5 nitrogen and oxygen atoms in total. The lowest BCUT2D eigenvalue weighted by Crippen LogP contribution is -2.26. The third-order valence-corrected chi connectivity index (χ3v) is 3.19. The van der Waals surface area contributed by atoms with Gasteiger partial charge in [-0.15, -0.1) is 0 Å². The van der Waals surface area contributed by atoms with E-state index in [9.17, 15) is 9.59 Å². The summed E-state index contributed by atoms with van der Waals surface area (Å²) in [4.78, 5) is 23.5. The van der Waals surface area contributed by atoms with Gasteiger partial charge in [-0.05, 0) is 44.0 Å². The molecule has 2 amide bonds.